The van der Waals surface area contributed by atoms with Gasteiger partial charge in [-0.25, -0.2) is 4.39 Å². The summed E-state index contributed by atoms with van der Waals surface area (Å²) in [6, 6.07) is 6.61. The lowest BCUT2D eigenvalue weighted by molar-refractivity contribution is -0.136. The van der Waals surface area contributed by atoms with Crippen molar-refractivity contribution in [3.63, 3.8) is 0 Å². The van der Waals surface area contributed by atoms with Crippen LogP contribution >= 0.6 is 0 Å². The highest BCUT2D eigenvalue weighted by atomic mass is 19.1. The fourth-order valence-electron chi connectivity index (χ4n) is 4.39. The summed E-state index contributed by atoms with van der Waals surface area (Å²) < 4.78 is 19.0. The number of halogens is 1. The average molecular weight is 346 g/mol. The summed E-state index contributed by atoms with van der Waals surface area (Å²) in [6.07, 6.45) is 3.95. The van der Waals surface area contributed by atoms with Crippen LogP contribution in [0.15, 0.2) is 24.3 Å². The third-order valence-corrected chi connectivity index (χ3v) is 5.96. The maximum absolute atomic E-state index is 13.6. The van der Waals surface area contributed by atoms with Crippen LogP contribution in [-0.4, -0.2) is 61.6 Å². The first-order chi connectivity index (χ1) is 12.2. The highest BCUT2D eigenvalue weighted by Crippen LogP contribution is 2.50. The average Bonchev–Trinajstić information content (AvgIpc) is 3.44. The molecule has 25 heavy (non-hydrogen) atoms. The minimum Gasteiger partial charge on any atom is -0.379 e. The van der Waals surface area contributed by atoms with Crippen LogP contribution in [0.1, 0.15) is 31.2 Å². The Morgan fingerprint density at radius 2 is 2.04 bits per heavy atom. The molecule has 0 aromatic heterocycles. The van der Waals surface area contributed by atoms with Gasteiger partial charge in [0.2, 0.25) is 5.91 Å². The Labute approximate surface area is 148 Å². The number of benzene rings is 1. The van der Waals surface area contributed by atoms with Crippen molar-refractivity contribution < 1.29 is 13.9 Å². The Hall–Kier alpha value is -1.46. The largest absolute Gasteiger partial charge is 0.379 e. The van der Waals surface area contributed by atoms with E-state index in [-0.39, 0.29) is 11.7 Å². The minimum absolute atomic E-state index is 0.213. The minimum atomic E-state index is -0.455. The maximum Gasteiger partial charge on any atom is 0.233 e. The number of nitrogens with zero attached hydrogens (tertiary/aromatic N) is 2. The van der Waals surface area contributed by atoms with Crippen LogP contribution in [0.4, 0.5) is 4.39 Å². The number of hydrogen-bond donors (Lipinski definition) is 0. The van der Waals surface area contributed by atoms with Gasteiger partial charge in [0.15, 0.2) is 0 Å². The molecule has 3 aliphatic rings. The van der Waals surface area contributed by atoms with Crippen molar-refractivity contribution in [1.29, 1.82) is 0 Å². The zero-order chi connectivity index (χ0) is 17.3. The lowest BCUT2D eigenvalue weighted by atomic mass is 9.91. The summed E-state index contributed by atoms with van der Waals surface area (Å²) in [5.74, 6) is 0.504. The smallest absolute Gasteiger partial charge is 0.233 e. The van der Waals surface area contributed by atoms with Crippen molar-refractivity contribution in [3.05, 3.63) is 35.6 Å². The molecular formula is C20H27FN2O2. The van der Waals surface area contributed by atoms with E-state index in [0.717, 1.165) is 70.8 Å². The fraction of sp³-hybridized carbons (Fsp3) is 0.650. The van der Waals surface area contributed by atoms with Gasteiger partial charge in [-0.2, -0.15) is 0 Å². The van der Waals surface area contributed by atoms with Crippen LogP contribution < -0.4 is 0 Å². The van der Waals surface area contributed by atoms with E-state index < -0.39 is 5.41 Å². The number of piperidine rings is 1. The molecule has 3 fully saturated rings. The van der Waals surface area contributed by atoms with Crippen molar-refractivity contribution in [2.45, 2.75) is 31.1 Å². The quantitative estimate of drug-likeness (QED) is 0.839. The second-order valence-electron chi connectivity index (χ2n) is 7.76. The summed E-state index contributed by atoms with van der Waals surface area (Å²) in [6.45, 7) is 6.37. The molecule has 2 aliphatic heterocycles. The summed E-state index contributed by atoms with van der Waals surface area (Å²) >= 11 is 0. The molecule has 0 spiro atoms. The van der Waals surface area contributed by atoms with E-state index >= 15 is 0 Å². The first-order valence-electron chi connectivity index (χ1n) is 9.53. The van der Waals surface area contributed by atoms with E-state index in [0.29, 0.717) is 5.92 Å². The van der Waals surface area contributed by atoms with Crippen molar-refractivity contribution in [3.8, 4) is 0 Å². The monoisotopic (exact) mass is 346 g/mol. The van der Waals surface area contributed by atoms with E-state index in [1.54, 1.807) is 12.1 Å². The topological polar surface area (TPSA) is 32.8 Å². The number of carbonyl (C=O) groups is 1. The number of amides is 1. The Morgan fingerprint density at radius 3 is 2.76 bits per heavy atom. The summed E-state index contributed by atoms with van der Waals surface area (Å²) in [7, 11) is 0. The number of rotatable bonds is 4. The summed E-state index contributed by atoms with van der Waals surface area (Å²) in [5.41, 5.74) is 0.399. The number of hydrogen-bond acceptors (Lipinski definition) is 3. The molecular weight excluding hydrogens is 319 g/mol. The van der Waals surface area contributed by atoms with Crippen molar-refractivity contribution in [1.82, 2.24) is 9.80 Å². The molecule has 1 aromatic carbocycles. The third kappa shape index (κ3) is 3.58. The van der Waals surface area contributed by atoms with Crippen LogP contribution in [0.2, 0.25) is 0 Å². The lowest BCUT2D eigenvalue weighted by Crippen LogP contribution is -2.48. The van der Waals surface area contributed by atoms with E-state index in [1.807, 2.05) is 11.0 Å². The zero-order valence-electron chi connectivity index (χ0n) is 14.8. The molecule has 4 nitrogen and oxygen atoms in total. The van der Waals surface area contributed by atoms with Crippen molar-refractivity contribution in [2.75, 3.05) is 45.9 Å². The lowest BCUT2D eigenvalue weighted by Gasteiger charge is -2.38. The Kier molecular flexibility index (Phi) is 4.78. The zero-order valence-corrected chi connectivity index (χ0v) is 14.8. The second kappa shape index (κ2) is 7.04. The third-order valence-electron chi connectivity index (χ3n) is 5.96. The predicted octanol–water partition coefficient (Wildman–Crippen LogP) is 2.43. The molecule has 0 radical (unpaired) electrons. The van der Waals surface area contributed by atoms with Gasteiger partial charge in [0, 0.05) is 32.7 Å². The van der Waals surface area contributed by atoms with E-state index in [9.17, 15) is 9.18 Å². The van der Waals surface area contributed by atoms with Gasteiger partial charge in [-0.3, -0.25) is 9.69 Å². The van der Waals surface area contributed by atoms with E-state index in [2.05, 4.69) is 4.90 Å². The highest BCUT2D eigenvalue weighted by molar-refractivity contribution is 5.91. The van der Waals surface area contributed by atoms with Gasteiger partial charge in [-0.05, 0) is 49.3 Å². The molecule has 1 aromatic rings. The summed E-state index contributed by atoms with van der Waals surface area (Å²) in [5, 5.41) is 0. The second-order valence-corrected chi connectivity index (χ2v) is 7.76. The van der Waals surface area contributed by atoms with Crippen LogP contribution in [-0.2, 0) is 14.9 Å². The number of likely N-dealkylation sites (tertiary alicyclic amines) is 1. The molecule has 1 amide bonds. The van der Waals surface area contributed by atoms with Gasteiger partial charge in [0.1, 0.15) is 5.82 Å². The molecule has 1 atom stereocenters. The first-order valence-corrected chi connectivity index (χ1v) is 9.53. The molecule has 0 unspecified atom stereocenters. The van der Waals surface area contributed by atoms with Gasteiger partial charge < -0.3 is 9.64 Å². The molecule has 1 aliphatic carbocycles. The van der Waals surface area contributed by atoms with Crippen LogP contribution in [0.3, 0.4) is 0 Å². The first kappa shape index (κ1) is 17.0. The van der Waals surface area contributed by atoms with Gasteiger partial charge in [-0.15, -0.1) is 0 Å². The molecule has 0 N–H and O–H groups in total. The predicted molar refractivity (Wildman–Crippen MR) is 93.9 cm³/mol. The van der Waals surface area contributed by atoms with Gasteiger partial charge in [0.05, 0.1) is 18.6 Å². The molecule has 136 valence electrons. The molecule has 2 saturated heterocycles. The molecule has 2 heterocycles. The van der Waals surface area contributed by atoms with E-state index in [4.69, 9.17) is 4.74 Å². The number of ether oxygens (including phenoxy) is 1. The Bertz CT molecular complexity index is 626. The van der Waals surface area contributed by atoms with Crippen molar-refractivity contribution >= 4 is 5.91 Å². The standard InChI is InChI=1S/C20H27FN2O2/c21-18-5-1-4-17(13-18)20(6-7-20)19(24)23-8-2-3-16(15-23)14-22-9-11-25-12-10-22/h1,4-5,13,16H,2-3,6-12,14-15H2/t16-/m1/s1. The fourth-order valence-corrected chi connectivity index (χ4v) is 4.39. The normalized spacial score (nSPS) is 26.4. The SMILES string of the molecule is O=C(N1CCC[C@H](CN2CCOCC2)C1)C1(c2cccc(F)c2)CC1. The molecule has 0 bridgehead atoms. The summed E-state index contributed by atoms with van der Waals surface area (Å²) in [4.78, 5) is 17.7. The van der Waals surface area contributed by atoms with Crippen LogP contribution in [0, 0.1) is 11.7 Å². The maximum atomic E-state index is 13.6. The Balaban J connectivity index is 1.41. The van der Waals surface area contributed by atoms with Crippen molar-refractivity contribution in [2.24, 2.45) is 5.92 Å². The number of morpholine rings is 1. The van der Waals surface area contributed by atoms with Gasteiger partial charge in [0.25, 0.3) is 0 Å². The molecule has 1 saturated carbocycles. The van der Waals surface area contributed by atoms with Gasteiger partial charge >= 0.3 is 0 Å². The van der Waals surface area contributed by atoms with Crippen LogP contribution in [0.5, 0.6) is 0 Å². The highest BCUT2D eigenvalue weighted by Gasteiger charge is 2.53. The molecule has 4 rings (SSSR count). The van der Waals surface area contributed by atoms with Crippen LogP contribution in [0.25, 0.3) is 0 Å². The number of carbonyl (C=O) groups excluding carboxylic acids is 1. The van der Waals surface area contributed by atoms with Gasteiger partial charge in [-0.1, -0.05) is 12.1 Å². The van der Waals surface area contributed by atoms with E-state index in [1.165, 1.54) is 12.5 Å². The Morgan fingerprint density at radius 1 is 1.24 bits per heavy atom. The molecule has 5 heteroatoms.